The lowest BCUT2D eigenvalue weighted by Gasteiger charge is -2.15. The zero-order valence-electron chi connectivity index (χ0n) is 16.8. The Bertz CT molecular complexity index is 1320. The first kappa shape index (κ1) is 25.6. The normalized spacial score (nSPS) is 11.7. The van der Waals surface area contributed by atoms with E-state index in [0.29, 0.717) is 6.07 Å². The van der Waals surface area contributed by atoms with Crippen LogP contribution in [0.15, 0.2) is 65.6 Å². The summed E-state index contributed by atoms with van der Waals surface area (Å²) in [5.74, 6) is -1.54. The Hall–Kier alpha value is -3.02. The number of hydrogen-bond acceptors (Lipinski definition) is 4. The maximum atomic E-state index is 13.1. The van der Waals surface area contributed by atoms with Gasteiger partial charge in [-0.25, -0.2) is 12.8 Å². The summed E-state index contributed by atoms with van der Waals surface area (Å²) in [4.78, 5) is 11.9. The first-order chi connectivity index (χ1) is 15.8. The number of sulfonamides is 1. The number of halogens is 6. The van der Waals surface area contributed by atoms with Crippen molar-refractivity contribution in [3.63, 3.8) is 0 Å². The van der Waals surface area contributed by atoms with Gasteiger partial charge >= 0.3 is 6.18 Å². The van der Waals surface area contributed by atoms with Crippen molar-refractivity contribution in [1.82, 2.24) is 0 Å². The van der Waals surface area contributed by atoms with Crippen molar-refractivity contribution in [2.45, 2.75) is 11.1 Å². The summed E-state index contributed by atoms with van der Waals surface area (Å²) in [5.41, 5.74) is -1.52. The molecule has 34 heavy (non-hydrogen) atoms. The summed E-state index contributed by atoms with van der Waals surface area (Å²) in [6.45, 7) is -0.709. The minimum absolute atomic E-state index is 0.0790. The molecule has 6 nitrogen and oxygen atoms in total. The summed E-state index contributed by atoms with van der Waals surface area (Å²) >= 11 is 11.6. The molecule has 2 N–H and O–H groups in total. The van der Waals surface area contributed by atoms with Crippen molar-refractivity contribution in [1.29, 1.82) is 0 Å². The molecule has 3 aromatic rings. The second-order valence-electron chi connectivity index (χ2n) is 6.73. The summed E-state index contributed by atoms with van der Waals surface area (Å²) < 4.78 is 84.8. The number of amides is 1. The van der Waals surface area contributed by atoms with Crippen LogP contribution in [0.2, 0.25) is 10.0 Å². The van der Waals surface area contributed by atoms with Gasteiger partial charge in [-0.3, -0.25) is 9.52 Å². The highest BCUT2D eigenvalue weighted by molar-refractivity contribution is 7.92. The van der Waals surface area contributed by atoms with Crippen LogP contribution in [0.3, 0.4) is 0 Å². The van der Waals surface area contributed by atoms with E-state index in [-0.39, 0.29) is 26.4 Å². The standard InChI is InChI=1S/C21H14Cl2F4N2O4S/c22-12-1-7-18(16(9-12)21(25,26)27)28-20(30)11-33-19-8-6-15(10-17(19)23)34(31,32)29-14-4-2-13(24)3-5-14/h1-10,29H,11H2,(H,28,30). The first-order valence-corrected chi connectivity index (χ1v) is 11.5. The molecule has 0 aliphatic carbocycles. The van der Waals surface area contributed by atoms with Crippen molar-refractivity contribution in [2.24, 2.45) is 0 Å². The third kappa shape index (κ3) is 6.52. The Balaban J connectivity index is 1.67. The van der Waals surface area contributed by atoms with E-state index in [1.807, 2.05) is 0 Å². The predicted octanol–water partition coefficient (Wildman–Crippen LogP) is 5.97. The fourth-order valence-electron chi connectivity index (χ4n) is 2.69. The van der Waals surface area contributed by atoms with E-state index in [9.17, 15) is 30.8 Å². The molecule has 0 bridgehead atoms. The topological polar surface area (TPSA) is 84.5 Å². The molecule has 0 fully saturated rings. The Kier molecular flexibility index (Phi) is 7.59. The molecule has 0 spiro atoms. The van der Waals surface area contributed by atoms with Crippen LogP contribution < -0.4 is 14.8 Å². The molecule has 3 aromatic carbocycles. The van der Waals surface area contributed by atoms with Crippen molar-refractivity contribution >= 4 is 50.5 Å². The maximum Gasteiger partial charge on any atom is 0.418 e. The second kappa shape index (κ2) is 10.1. The van der Waals surface area contributed by atoms with Gasteiger partial charge in [0.2, 0.25) is 0 Å². The van der Waals surface area contributed by atoms with Gasteiger partial charge in [0.05, 0.1) is 21.2 Å². The lowest BCUT2D eigenvalue weighted by atomic mass is 10.1. The molecule has 0 aromatic heterocycles. The molecule has 0 saturated heterocycles. The summed E-state index contributed by atoms with van der Waals surface area (Å²) in [6.07, 6.45) is -4.75. The number of rotatable bonds is 7. The molecule has 0 unspecified atom stereocenters. The molecule has 0 heterocycles. The van der Waals surface area contributed by atoms with Crippen molar-refractivity contribution in [3.05, 3.63) is 82.1 Å². The number of carbonyl (C=O) groups excluding carboxylic acids is 1. The van der Waals surface area contributed by atoms with Gasteiger partial charge < -0.3 is 10.1 Å². The quantitative estimate of drug-likeness (QED) is 0.364. The number of benzene rings is 3. The molecule has 0 radical (unpaired) electrons. The summed E-state index contributed by atoms with van der Waals surface area (Å²) in [7, 11) is -4.07. The van der Waals surface area contributed by atoms with E-state index in [0.717, 1.165) is 30.3 Å². The fourth-order valence-corrected chi connectivity index (χ4v) is 4.24. The van der Waals surface area contributed by atoms with Gasteiger partial charge in [0.1, 0.15) is 11.6 Å². The molecule has 13 heteroatoms. The van der Waals surface area contributed by atoms with E-state index in [1.54, 1.807) is 0 Å². The maximum absolute atomic E-state index is 13.1. The Labute approximate surface area is 201 Å². The van der Waals surface area contributed by atoms with Crippen molar-refractivity contribution in [3.8, 4) is 5.75 Å². The van der Waals surface area contributed by atoms with Gasteiger partial charge in [-0.1, -0.05) is 23.2 Å². The number of alkyl halides is 3. The van der Waals surface area contributed by atoms with Crippen LogP contribution in [0.1, 0.15) is 5.56 Å². The minimum atomic E-state index is -4.75. The lowest BCUT2D eigenvalue weighted by molar-refractivity contribution is -0.137. The molecule has 1 amide bonds. The monoisotopic (exact) mass is 536 g/mol. The molecular weight excluding hydrogens is 523 g/mol. The van der Waals surface area contributed by atoms with Crippen LogP contribution in [-0.4, -0.2) is 20.9 Å². The molecule has 0 saturated carbocycles. The van der Waals surface area contributed by atoms with E-state index in [4.69, 9.17) is 27.9 Å². The van der Waals surface area contributed by atoms with Gasteiger partial charge in [-0.15, -0.1) is 0 Å². The smallest absolute Gasteiger partial charge is 0.418 e. The number of anilines is 2. The fraction of sp³-hybridized carbons (Fsp3) is 0.0952. The average Bonchev–Trinajstić information content (AvgIpc) is 2.75. The van der Waals surface area contributed by atoms with Gasteiger partial charge in [0.15, 0.2) is 6.61 Å². The minimum Gasteiger partial charge on any atom is -0.482 e. The average molecular weight is 537 g/mol. The second-order valence-corrected chi connectivity index (χ2v) is 9.26. The molecule has 180 valence electrons. The van der Waals surface area contributed by atoms with Gasteiger partial charge in [0, 0.05) is 10.7 Å². The first-order valence-electron chi connectivity index (χ1n) is 9.22. The highest BCUT2D eigenvalue weighted by Crippen LogP contribution is 2.36. The van der Waals surface area contributed by atoms with E-state index in [1.165, 1.54) is 24.3 Å². The van der Waals surface area contributed by atoms with Gasteiger partial charge in [-0.05, 0) is 60.7 Å². The highest BCUT2D eigenvalue weighted by Gasteiger charge is 2.34. The van der Waals surface area contributed by atoms with E-state index >= 15 is 0 Å². The molecule has 3 rings (SSSR count). The zero-order chi connectivity index (χ0) is 25.1. The van der Waals surface area contributed by atoms with E-state index in [2.05, 4.69) is 10.0 Å². The predicted molar refractivity (Wildman–Crippen MR) is 119 cm³/mol. The summed E-state index contributed by atoms with van der Waals surface area (Å²) in [5, 5.41) is 1.76. The Morgan fingerprint density at radius 3 is 2.26 bits per heavy atom. The van der Waals surface area contributed by atoms with Crippen molar-refractivity contribution in [2.75, 3.05) is 16.6 Å². The molecular formula is C21H14Cl2F4N2O4S. The molecule has 0 aliphatic heterocycles. The molecule has 0 aliphatic rings. The largest absolute Gasteiger partial charge is 0.482 e. The zero-order valence-corrected chi connectivity index (χ0v) is 19.1. The third-order valence-electron chi connectivity index (χ3n) is 4.23. The van der Waals surface area contributed by atoms with Gasteiger partial charge in [-0.2, -0.15) is 13.2 Å². The van der Waals surface area contributed by atoms with Crippen LogP contribution >= 0.6 is 23.2 Å². The van der Waals surface area contributed by atoms with Gasteiger partial charge in [0.25, 0.3) is 15.9 Å². The SMILES string of the molecule is O=C(COc1ccc(S(=O)(=O)Nc2ccc(F)cc2)cc1Cl)Nc1ccc(Cl)cc1C(F)(F)F. The van der Waals surface area contributed by atoms with Crippen molar-refractivity contribution < 1.29 is 35.5 Å². The number of carbonyl (C=O) groups is 1. The van der Waals surface area contributed by atoms with Crippen LogP contribution in [0, 0.1) is 5.82 Å². The number of nitrogens with one attached hydrogen (secondary N) is 2. The van der Waals surface area contributed by atoms with Crippen LogP contribution in [0.25, 0.3) is 0 Å². The van der Waals surface area contributed by atoms with E-state index < -0.39 is 45.8 Å². The Morgan fingerprint density at radius 2 is 1.65 bits per heavy atom. The number of hydrogen-bond donors (Lipinski definition) is 2. The number of ether oxygens (including phenoxy) is 1. The lowest BCUT2D eigenvalue weighted by Crippen LogP contribution is -2.22. The van der Waals surface area contributed by atoms with Crippen LogP contribution in [-0.2, 0) is 21.0 Å². The summed E-state index contributed by atoms with van der Waals surface area (Å²) in [6, 6.07) is 10.9. The molecule has 0 atom stereocenters. The highest BCUT2D eigenvalue weighted by atomic mass is 35.5. The van der Waals surface area contributed by atoms with Crippen LogP contribution in [0.5, 0.6) is 5.75 Å². The Morgan fingerprint density at radius 1 is 0.971 bits per heavy atom. The van der Waals surface area contributed by atoms with Crippen LogP contribution in [0.4, 0.5) is 28.9 Å². The third-order valence-corrected chi connectivity index (χ3v) is 6.14.